The van der Waals surface area contributed by atoms with Crippen LogP contribution < -0.4 is 21.9 Å². The Bertz CT molecular complexity index is 599. The molecule has 0 saturated carbocycles. The highest BCUT2D eigenvalue weighted by atomic mass is 35.5. The maximum atomic E-state index is 12.7. The number of anilines is 1. The van der Waals surface area contributed by atoms with Gasteiger partial charge in [-0.2, -0.15) is 4.57 Å². The number of hydrogen-bond donors (Lipinski definition) is 0. The van der Waals surface area contributed by atoms with E-state index in [0.717, 1.165) is 5.69 Å². The Morgan fingerprint density at radius 3 is 2.32 bits per heavy atom. The van der Waals surface area contributed by atoms with Crippen molar-refractivity contribution in [3.8, 4) is 0 Å². The zero-order valence-corrected chi connectivity index (χ0v) is 13.6. The Hall–Kier alpha value is -2.13. The minimum atomic E-state index is 0. The molecule has 0 aliphatic rings. The zero-order valence-electron chi connectivity index (χ0n) is 12.9. The average Bonchev–Trinajstić information content (AvgIpc) is 2.50. The SMILES string of the molecule is CC=CC(C)N(C(=O)C[n+]1ccccc1)c1ccccc1.[Cl-]. The van der Waals surface area contributed by atoms with Crippen molar-refractivity contribution in [2.45, 2.75) is 26.4 Å². The highest BCUT2D eigenvalue weighted by Crippen LogP contribution is 2.17. The average molecular weight is 317 g/mol. The molecule has 0 aliphatic heterocycles. The predicted octanol–water partition coefficient (Wildman–Crippen LogP) is -0.0241. The molecule has 116 valence electrons. The molecule has 0 spiro atoms. The van der Waals surface area contributed by atoms with Gasteiger partial charge in [-0.05, 0) is 26.0 Å². The lowest BCUT2D eigenvalue weighted by atomic mass is 10.2. The standard InChI is InChI=1S/C18H21N2O.ClH/c1-3-10-16(2)20(17-11-6-4-7-12-17)18(21)15-19-13-8-5-9-14-19;/h3-14,16H,15H2,1-2H3;1H/q+1;/p-1. The van der Waals surface area contributed by atoms with E-state index >= 15 is 0 Å². The maximum absolute atomic E-state index is 12.7. The van der Waals surface area contributed by atoms with Crippen molar-refractivity contribution in [2.75, 3.05) is 4.90 Å². The van der Waals surface area contributed by atoms with E-state index in [4.69, 9.17) is 0 Å². The summed E-state index contributed by atoms with van der Waals surface area (Å²) in [5.41, 5.74) is 0.921. The molecule has 1 amide bonds. The van der Waals surface area contributed by atoms with Crippen molar-refractivity contribution in [2.24, 2.45) is 0 Å². The molecule has 1 heterocycles. The summed E-state index contributed by atoms with van der Waals surface area (Å²) in [5, 5.41) is 0. The summed E-state index contributed by atoms with van der Waals surface area (Å²) in [6.07, 6.45) is 7.81. The fourth-order valence-corrected chi connectivity index (χ4v) is 2.33. The van der Waals surface area contributed by atoms with Gasteiger partial charge in [-0.1, -0.05) is 36.4 Å². The van der Waals surface area contributed by atoms with E-state index in [-0.39, 0.29) is 24.4 Å². The van der Waals surface area contributed by atoms with Crippen molar-refractivity contribution >= 4 is 11.6 Å². The van der Waals surface area contributed by atoms with Crippen LogP contribution in [0.3, 0.4) is 0 Å². The van der Waals surface area contributed by atoms with E-state index in [2.05, 4.69) is 0 Å². The van der Waals surface area contributed by atoms with Gasteiger partial charge >= 0.3 is 0 Å². The minimum absolute atomic E-state index is 0. The van der Waals surface area contributed by atoms with Crippen LogP contribution in [-0.4, -0.2) is 11.9 Å². The van der Waals surface area contributed by atoms with Crippen LogP contribution in [-0.2, 0) is 11.3 Å². The normalized spacial score (nSPS) is 11.7. The number of amides is 1. The molecule has 0 aliphatic carbocycles. The Kier molecular flexibility index (Phi) is 7.33. The first kappa shape index (κ1) is 17.9. The van der Waals surface area contributed by atoms with Crippen LogP contribution >= 0.6 is 0 Å². The van der Waals surface area contributed by atoms with Crippen molar-refractivity contribution < 1.29 is 21.8 Å². The second-order valence-electron chi connectivity index (χ2n) is 4.91. The molecule has 4 heteroatoms. The van der Waals surface area contributed by atoms with Crippen molar-refractivity contribution in [1.29, 1.82) is 0 Å². The van der Waals surface area contributed by atoms with Crippen molar-refractivity contribution in [3.05, 3.63) is 73.1 Å². The van der Waals surface area contributed by atoms with Crippen LogP contribution in [0.1, 0.15) is 13.8 Å². The first-order valence-corrected chi connectivity index (χ1v) is 7.16. The van der Waals surface area contributed by atoms with Gasteiger partial charge in [0.15, 0.2) is 12.4 Å². The van der Waals surface area contributed by atoms with Gasteiger partial charge in [-0.25, -0.2) is 0 Å². The summed E-state index contributed by atoms with van der Waals surface area (Å²) in [4.78, 5) is 14.5. The molecule has 1 atom stereocenters. The van der Waals surface area contributed by atoms with Gasteiger partial charge < -0.3 is 17.3 Å². The second kappa shape index (κ2) is 9.00. The van der Waals surface area contributed by atoms with E-state index in [1.807, 2.05) is 96.4 Å². The summed E-state index contributed by atoms with van der Waals surface area (Å²) >= 11 is 0. The van der Waals surface area contributed by atoms with Gasteiger partial charge in [0.05, 0.1) is 6.04 Å². The quantitative estimate of drug-likeness (QED) is 0.562. The third-order valence-electron chi connectivity index (χ3n) is 3.28. The summed E-state index contributed by atoms with van der Waals surface area (Å²) in [5.74, 6) is 0.0722. The Balaban J connectivity index is 0.00000242. The topological polar surface area (TPSA) is 24.2 Å². The minimum Gasteiger partial charge on any atom is -1.00 e. The van der Waals surface area contributed by atoms with Crippen LogP contribution in [0.15, 0.2) is 73.1 Å². The smallest absolute Gasteiger partial charge is 0.293 e. The molecule has 2 aromatic rings. The number of halogens is 1. The van der Waals surface area contributed by atoms with Crippen LogP contribution in [0, 0.1) is 0 Å². The number of nitrogens with zero attached hydrogens (tertiary/aromatic N) is 2. The van der Waals surface area contributed by atoms with Crippen molar-refractivity contribution in [1.82, 2.24) is 0 Å². The number of carbonyl (C=O) groups excluding carboxylic acids is 1. The first-order chi connectivity index (χ1) is 10.2. The van der Waals surface area contributed by atoms with Gasteiger partial charge in [0.2, 0.25) is 6.54 Å². The molecule has 0 N–H and O–H groups in total. The monoisotopic (exact) mass is 316 g/mol. The number of para-hydroxylation sites is 1. The lowest BCUT2D eigenvalue weighted by Gasteiger charge is -2.26. The fraction of sp³-hybridized carbons (Fsp3) is 0.222. The Morgan fingerprint density at radius 2 is 1.73 bits per heavy atom. The molecular weight excluding hydrogens is 296 g/mol. The molecule has 22 heavy (non-hydrogen) atoms. The largest absolute Gasteiger partial charge is 1.00 e. The van der Waals surface area contributed by atoms with Gasteiger partial charge in [0, 0.05) is 17.8 Å². The summed E-state index contributed by atoms with van der Waals surface area (Å²) in [6.45, 7) is 4.33. The molecule has 0 radical (unpaired) electrons. The van der Waals surface area contributed by atoms with Gasteiger partial charge in [-0.15, -0.1) is 0 Å². The van der Waals surface area contributed by atoms with Gasteiger partial charge in [-0.3, -0.25) is 4.79 Å². The molecule has 0 bridgehead atoms. The van der Waals surface area contributed by atoms with Crippen LogP contribution in [0.4, 0.5) is 5.69 Å². The molecule has 0 fully saturated rings. The highest BCUT2D eigenvalue weighted by molar-refractivity contribution is 5.93. The number of carbonyl (C=O) groups is 1. The van der Waals surface area contributed by atoms with Crippen LogP contribution in [0.2, 0.25) is 0 Å². The predicted molar refractivity (Wildman–Crippen MR) is 84.8 cm³/mol. The molecule has 1 unspecified atom stereocenters. The third-order valence-corrected chi connectivity index (χ3v) is 3.28. The number of pyridine rings is 1. The highest BCUT2D eigenvalue weighted by Gasteiger charge is 2.23. The maximum Gasteiger partial charge on any atom is 0.293 e. The van der Waals surface area contributed by atoms with Crippen LogP contribution in [0.25, 0.3) is 0 Å². The number of hydrogen-bond acceptors (Lipinski definition) is 1. The second-order valence-corrected chi connectivity index (χ2v) is 4.91. The zero-order chi connectivity index (χ0) is 15.1. The fourth-order valence-electron chi connectivity index (χ4n) is 2.33. The lowest BCUT2D eigenvalue weighted by Crippen LogP contribution is -3.00. The molecule has 3 nitrogen and oxygen atoms in total. The molecular formula is C18H21ClN2O. The summed E-state index contributed by atoms with van der Waals surface area (Å²) < 4.78 is 1.89. The molecule has 1 aromatic heterocycles. The van der Waals surface area contributed by atoms with Gasteiger partial charge in [0.25, 0.3) is 5.91 Å². The Morgan fingerprint density at radius 1 is 1.14 bits per heavy atom. The van der Waals surface area contributed by atoms with Crippen molar-refractivity contribution in [3.63, 3.8) is 0 Å². The van der Waals surface area contributed by atoms with E-state index < -0.39 is 0 Å². The van der Waals surface area contributed by atoms with Gasteiger partial charge in [0.1, 0.15) is 0 Å². The molecule has 1 aromatic carbocycles. The lowest BCUT2D eigenvalue weighted by molar-refractivity contribution is -0.684. The third kappa shape index (κ3) is 4.71. The van der Waals surface area contributed by atoms with E-state index in [0.29, 0.717) is 6.54 Å². The summed E-state index contributed by atoms with van der Waals surface area (Å²) in [7, 11) is 0. The number of allylic oxidation sites excluding steroid dienone is 1. The Labute approximate surface area is 138 Å². The van der Waals surface area contributed by atoms with Crippen LogP contribution in [0.5, 0.6) is 0 Å². The first-order valence-electron chi connectivity index (χ1n) is 7.16. The summed E-state index contributed by atoms with van der Waals surface area (Å²) in [6, 6.07) is 15.6. The molecule has 0 saturated heterocycles. The number of benzene rings is 1. The number of rotatable bonds is 5. The van der Waals surface area contributed by atoms with E-state index in [9.17, 15) is 4.79 Å². The molecule has 2 rings (SSSR count). The van der Waals surface area contributed by atoms with E-state index in [1.54, 1.807) is 0 Å². The van der Waals surface area contributed by atoms with E-state index in [1.165, 1.54) is 0 Å². The number of aromatic nitrogens is 1.